The zero-order valence-electron chi connectivity index (χ0n) is 20.1. The van der Waals surface area contributed by atoms with Crippen molar-refractivity contribution in [2.75, 3.05) is 10.2 Å². The molecule has 0 bridgehead atoms. The highest BCUT2D eigenvalue weighted by Gasteiger charge is 2.33. The number of nitrogens with zero attached hydrogens (tertiary/aromatic N) is 2. The Morgan fingerprint density at radius 3 is 2.34 bits per heavy atom. The number of rotatable bonds is 9. The number of carbonyl (C=O) groups excluding carboxylic acids is 3. The molecule has 0 saturated carbocycles. The summed E-state index contributed by atoms with van der Waals surface area (Å²) in [4.78, 5) is 44.9. The minimum absolute atomic E-state index is 0.0522. The summed E-state index contributed by atoms with van der Waals surface area (Å²) in [5.41, 5.74) is 1.99. The molecule has 0 radical (unpaired) electrons. The summed E-state index contributed by atoms with van der Waals surface area (Å²) >= 11 is 0. The van der Waals surface area contributed by atoms with Crippen LogP contribution in [-0.2, 0) is 14.4 Å². The number of amides is 3. The Balaban J connectivity index is 1.93. The number of phenolic OH excluding ortho intramolecular Hbond substituents is 1. The van der Waals surface area contributed by atoms with Gasteiger partial charge in [0.25, 0.3) is 0 Å². The number of aryl methyl sites for hydroxylation is 1. The zero-order valence-corrected chi connectivity index (χ0v) is 20.1. The second kappa shape index (κ2) is 11.8. The van der Waals surface area contributed by atoms with Crippen LogP contribution in [0.15, 0.2) is 72.9 Å². The van der Waals surface area contributed by atoms with Gasteiger partial charge in [0.05, 0.1) is 0 Å². The first-order chi connectivity index (χ1) is 16.7. The van der Waals surface area contributed by atoms with E-state index in [4.69, 9.17) is 0 Å². The second-order valence-electron chi connectivity index (χ2n) is 8.52. The van der Waals surface area contributed by atoms with Crippen molar-refractivity contribution in [3.63, 3.8) is 0 Å². The lowest BCUT2D eigenvalue weighted by Gasteiger charge is -2.32. The molecule has 8 nitrogen and oxygen atoms in total. The van der Waals surface area contributed by atoms with Crippen LogP contribution in [0.4, 0.5) is 11.5 Å². The molecule has 0 aliphatic carbocycles. The standard InChI is InChI=1S/C27H30N4O4/c1-18(2)29-27(35)26(20-10-12-22(32)13-11-20)31(21-8-6-7-19(3)17-21)25(34)15-14-24(33)30-23-9-4-5-16-28-23/h4-13,16-18,26,32H,14-15H2,1-3H3,(H,29,35)(H,28,30,33)/t26-/m0/s1. The maximum Gasteiger partial charge on any atom is 0.248 e. The fourth-order valence-electron chi connectivity index (χ4n) is 3.64. The highest BCUT2D eigenvalue weighted by atomic mass is 16.3. The predicted octanol–water partition coefficient (Wildman–Crippen LogP) is 4.11. The van der Waals surface area contributed by atoms with Gasteiger partial charge in [-0.2, -0.15) is 0 Å². The third kappa shape index (κ3) is 7.14. The lowest BCUT2D eigenvalue weighted by Crippen LogP contribution is -2.46. The number of anilines is 2. The van der Waals surface area contributed by atoms with Crippen LogP contribution in [0, 0.1) is 6.92 Å². The van der Waals surface area contributed by atoms with Gasteiger partial charge in [0.1, 0.15) is 17.6 Å². The highest BCUT2D eigenvalue weighted by molar-refractivity contribution is 6.03. The van der Waals surface area contributed by atoms with E-state index in [-0.39, 0.29) is 42.4 Å². The molecule has 2 aromatic carbocycles. The summed E-state index contributed by atoms with van der Waals surface area (Å²) < 4.78 is 0. The van der Waals surface area contributed by atoms with E-state index in [1.54, 1.807) is 42.6 Å². The quantitative estimate of drug-likeness (QED) is 0.432. The van der Waals surface area contributed by atoms with Gasteiger partial charge in [-0.1, -0.05) is 30.3 Å². The maximum absolute atomic E-state index is 13.6. The molecule has 8 heteroatoms. The summed E-state index contributed by atoms with van der Waals surface area (Å²) in [6.45, 7) is 5.58. The van der Waals surface area contributed by atoms with Crippen LogP contribution in [0.5, 0.6) is 5.75 Å². The molecule has 3 N–H and O–H groups in total. The van der Waals surface area contributed by atoms with Gasteiger partial charge in [0, 0.05) is 30.8 Å². The topological polar surface area (TPSA) is 112 Å². The molecule has 35 heavy (non-hydrogen) atoms. The molecule has 1 atom stereocenters. The van der Waals surface area contributed by atoms with Gasteiger partial charge in [-0.3, -0.25) is 19.3 Å². The van der Waals surface area contributed by atoms with Crippen molar-refractivity contribution in [2.45, 2.75) is 45.7 Å². The molecule has 0 aliphatic rings. The lowest BCUT2D eigenvalue weighted by atomic mass is 10.0. The van der Waals surface area contributed by atoms with E-state index in [0.29, 0.717) is 17.1 Å². The number of carbonyl (C=O) groups is 3. The molecule has 1 heterocycles. The van der Waals surface area contributed by atoms with E-state index < -0.39 is 6.04 Å². The van der Waals surface area contributed by atoms with Gasteiger partial charge in [-0.15, -0.1) is 0 Å². The average molecular weight is 475 g/mol. The van der Waals surface area contributed by atoms with E-state index in [1.165, 1.54) is 17.0 Å². The number of aromatic nitrogens is 1. The fraction of sp³-hybridized carbons (Fsp3) is 0.259. The van der Waals surface area contributed by atoms with Crippen LogP contribution in [0.2, 0.25) is 0 Å². The van der Waals surface area contributed by atoms with Crippen molar-refractivity contribution in [2.24, 2.45) is 0 Å². The Labute approximate surface area is 205 Å². The van der Waals surface area contributed by atoms with Crippen molar-refractivity contribution < 1.29 is 19.5 Å². The SMILES string of the molecule is Cc1cccc(N(C(=O)CCC(=O)Nc2ccccn2)[C@H](C(=O)NC(C)C)c2ccc(O)cc2)c1. The monoisotopic (exact) mass is 474 g/mol. The number of nitrogens with one attached hydrogen (secondary N) is 2. The molecule has 0 fully saturated rings. The molecule has 3 rings (SSSR count). The molecule has 1 aromatic heterocycles. The first-order valence-corrected chi connectivity index (χ1v) is 11.4. The predicted molar refractivity (Wildman–Crippen MR) is 135 cm³/mol. The van der Waals surface area contributed by atoms with Crippen LogP contribution >= 0.6 is 0 Å². The van der Waals surface area contributed by atoms with Crippen LogP contribution in [0.3, 0.4) is 0 Å². The molecule has 0 saturated heterocycles. The van der Waals surface area contributed by atoms with Gasteiger partial charge >= 0.3 is 0 Å². The van der Waals surface area contributed by atoms with Crippen molar-refractivity contribution in [3.8, 4) is 5.75 Å². The first kappa shape index (κ1) is 25.4. The van der Waals surface area contributed by atoms with Crippen molar-refractivity contribution >= 4 is 29.2 Å². The molecule has 0 aliphatic heterocycles. The summed E-state index contributed by atoms with van der Waals surface area (Å²) in [6.07, 6.45) is 1.37. The summed E-state index contributed by atoms with van der Waals surface area (Å²) in [7, 11) is 0. The number of benzene rings is 2. The smallest absolute Gasteiger partial charge is 0.248 e. The average Bonchev–Trinajstić information content (AvgIpc) is 2.82. The maximum atomic E-state index is 13.6. The number of hydrogen-bond donors (Lipinski definition) is 3. The van der Waals surface area contributed by atoms with Gasteiger partial charge in [-0.05, 0) is 68.3 Å². The zero-order chi connectivity index (χ0) is 25.4. The van der Waals surface area contributed by atoms with Crippen LogP contribution in [0.1, 0.15) is 43.9 Å². The molecule has 0 spiro atoms. The van der Waals surface area contributed by atoms with Gasteiger partial charge in [0.2, 0.25) is 17.7 Å². The lowest BCUT2D eigenvalue weighted by molar-refractivity contribution is -0.127. The molecule has 182 valence electrons. The fourth-order valence-corrected chi connectivity index (χ4v) is 3.64. The number of phenols is 1. The minimum atomic E-state index is -0.994. The Kier molecular flexibility index (Phi) is 8.56. The van der Waals surface area contributed by atoms with Gasteiger partial charge in [0.15, 0.2) is 0 Å². The summed E-state index contributed by atoms with van der Waals surface area (Å²) in [6, 6.07) is 17.5. The van der Waals surface area contributed by atoms with Gasteiger partial charge < -0.3 is 15.7 Å². The van der Waals surface area contributed by atoms with Crippen LogP contribution in [0.25, 0.3) is 0 Å². The summed E-state index contributed by atoms with van der Waals surface area (Å²) in [5, 5.41) is 15.3. The number of hydrogen-bond acceptors (Lipinski definition) is 5. The third-order valence-corrected chi connectivity index (χ3v) is 5.19. The van der Waals surface area contributed by atoms with Crippen molar-refractivity contribution in [3.05, 3.63) is 84.1 Å². The number of pyridine rings is 1. The van der Waals surface area contributed by atoms with E-state index in [2.05, 4.69) is 15.6 Å². The minimum Gasteiger partial charge on any atom is -0.508 e. The molecular formula is C27H30N4O4. The normalized spacial score (nSPS) is 11.5. The Morgan fingerprint density at radius 2 is 1.71 bits per heavy atom. The first-order valence-electron chi connectivity index (χ1n) is 11.4. The molecule has 3 amide bonds. The van der Waals surface area contributed by atoms with Crippen LogP contribution < -0.4 is 15.5 Å². The molecule has 3 aromatic rings. The van der Waals surface area contributed by atoms with E-state index in [9.17, 15) is 19.5 Å². The molecule has 0 unspecified atom stereocenters. The van der Waals surface area contributed by atoms with Crippen molar-refractivity contribution in [1.82, 2.24) is 10.3 Å². The largest absolute Gasteiger partial charge is 0.508 e. The molecular weight excluding hydrogens is 444 g/mol. The highest BCUT2D eigenvalue weighted by Crippen LogP contribution is 2.30. The Bertz CT molecular complexity index is 1160. The van der Waals surface area contributed by atoms with Crippen LogP contribution in [-0.4, -0.2) is 33.9 Å². The Hall–Kier alpha value is -4.20. The van der Waals surface area contributed by atoms with E-state index in [0.717, 1.165) is 5.56 Å². The third-order valence-electron chi connectivity index (χ3n) is 5.19. The number of aromatic hydroxyl groups is 1. The second-order valence-corrected chi connectivity index (χ2v) is 8.52. The van der Waals surface area contributed by atoms with E-state index >= 15 is 0 Å². The van der Waals surface area contributed by atoms with Crippen molar-refractivity contribution in [1.29, 1.82) is 0 Å². The Morgan fingerprint density at radius 1 is 0.971 bits per heavy atom. The van der Waals surface area contributed by atoms with Gasteiger partial charge in [-0.25, -0.2) is 4.98 Å². The summed E-state index contributed by atoms with van der Waals surface area (Å²) in [5.74, 6) is -0.647. The van der Waals surface area contributed by atoms with E-state index in [1.807, 2.05) is 39.0 Å².